The quantitative estimate of drug-likeness (QED) is 0.772. The zero-order valence-electron chi connectivity index (χ0n) is 13.3. The topological polar surface area (TPSA) is 121 Å². The van der Waals surface area contributed by atoms with Crippen molar-refractivity contribution in [3.8, 4) is 0 Å². The molecule has 1 amide bonds. The van der Waals surface area contributed by atoms with Crippen molar-refractivity contribution in [2.75, 3.05) is 35.6 Å². The number of nitrogen functional groups attached to an aromatic ring is 1. The van der Waals surface area contributed by atoms with Crippen LogP contribution in [0, 0.1) is 0 Å². The van der Waals surface area contributed by atoms with E-state index in [1.807, 2.05) is 13.0 Å². The second-order valence-corrected chi connectivity index (χ2v) is 5.63. The average Bonchev–Trinajstić information content (AvgIpc) is 2.58. The lowest BCUT2D eigenvalue weighted by Crippen LogP contribution is -2.53. The molecule has 0 saturated carbocycles. The van der Waals surface area contributed by atoms with Crippen molar-refractivity contribution in [2.24, 2.45) is 0 Å². The van der Waals surface area contributed by atoms with Gasteiger partial charge in [0.25, 0.3) is 0 Å². The van der Waals surface area contributed by atoms with Crippen LogP contribution in [0.2, 0.25) is 0 Å². The molecule has 0 bridgehead atoms. The van der Waals surface area contributed by atoms with Gasteiger partial charge in [0, 0.05) is 25.7 Å². The number of hydrogen-bond acceptors (Lipinski definition) is 7. The molecule has 126 valence electrons. The summed E-state index contributed by atoms with van der Waals surface area (Å²) in [5.41, 5.74) is 7.26. The predicted molar refractivity (Wildman–Crippen MR) is 90.4 cm³/mol. The molecule has 0 unspecified atom stereocenters. The lowest BCUT2D eigenvalue weighted by atomic mass is 10.2. The maximum Gasteiger partial charge on any atom is 0.407 e. The number of piperazine rings is 1. The third kappa shape index (κ3) is 3.29. The van der Waals surface area contributed by atoms with E-state index >= 15 is 0 Å². The van der Waals surface area contributed by atoms with Crippen molar-refractivity contribution in [3.63, 3.8) is 0 Å². The molecule has 3 heterocycles. The molecule has 0 aliphatic carbocycles. The largest absolute Gasteiger partial charge is 0.465 e. The Hall–Kier alpha value is -3.10. The van der Waals surface area contributed by atoms with E-state index in [1.165, 1.54) is 4.90 Å². The van der Waals surface area contributed by atoms with Crippen LogP contribution >= 0.6 is 0 Å². The number of carboxylic acid groups (broad SMARTS) is 1. The van der Waals surface area contributed by atoms with Crippen LogP contribution in [0.25, 0.3) is 0 Å². The fourth-order valence-corrected chi connectivity index (χ4v) is 2.69. The number of anilines is 4. The molecule has 1 atom stereocenters. The lowest BCUT2D eigenvalue weighted by molar-refractivity contribution is 0.136. The van der Waals surface area contributed by atoms with Gasteiger partial charge in [0.1, 0.15) is 5.82 Å². The Morgan fingerprint density at radius 2 is 2.17 bits per heavy atom. The van der Waals surface area contributed by atoms with E-state index in [1.54, 1.807) is 24.5 Å². The van der Waals surface area contributed by atoms with Gasteiger partial charge in [-0.1, -0.05) is 0 Å². The number of nitrogens with two attached hydrogens (primary N) is 1. The standard InChI is InChI=1S/C15H19N7O2/c1-10-9-21(15(23)24)6-7-22(10)13-3-2-12(16)14(20-13)19-11-4-5-17-18-8-11/h2-5,8,10H,6-7,9,16H2,1H3,(H,23,24)(H,17,19,20)/t10-/m1/s1. The van der Waals surface area contributed by atoms with Crippen LogP contribution in [-0.2, 0) is 0 Å². The molecular formula is C15H19N7O2. The molecular weight excluding hydrogens is 310 g/mol. The highest BCUT2D eigenvalue weighted by atomic mass is 16.4. The van der Waals surface area contributed by atoms with Crippen LogP contribution in [-0.4, -0.2) is 57.0 Å². The fraction of sp³-hybridized carbons (Fsp3) is 0.333. The van der Waals surface area contributed by atoms with Gasteiger partial charge in [-0.3, -0.25) is 0 Å². The Morgan fingerprint density at radius 1 is 1.33 bits per heavy atom. The van der Waals surface area contributed by atoms with Crippen LogP contribution in [0.4, 0.5) is 27.8 Å². The summed E-state index contributed by atoms with van der Waals surface area (Å²) in [6.45, 7) is 3.45. The van der Waals surface area contributed by atoms with Crippen LogP contribution in [0.15, 0.2) is 30.6 Å². The van der Waals surface area contributed by atoms with Crippen molar-refractivity contribution >= 4 is 29.1 Å². The van der Waals surface area contributed by atoms with Gasteiger partial charge in [0.05, 0.1) is 23.8 Å². The molecule has 0 spiro atoms. The van der Waals surface area contributed by atoms with Crippen LogP contribution in [0.5, 0.6) is 0 Å². The van der Waals surface area contributed by atoms with E-state index in [2.05, 4.69) is 25.4 Å². The monoisotopic (exact) mass is 329 g/mol. The Balaban J connectivity index is 1.80. The highest BCUT2D eigenvalue weighted by Crippen LogP contribution is 2.26. The molecule has 9 nitrogen and oxygen atoms in total. The molecule has 3 rings (SSSR count). The maximum absolute atomic E-state index is 11.1. The van der Waals surface area contributed by atoms with Crippen LogP contribution in [0.3, 0.4) is 0 Å². The van der Waals surface area contributed by atoms with E-state index in [-0.39, 0.29) is 6.04 Å². The Kier molecular flexibility index (Phi) is 4.32. The minimum Gasteiger partial charge on any atom is -0.465 e. The predicted octanol–water partition coefficient (Wildman–Crippen LogP) is 1.39. The van der Waals surface area contributed by atoms with Crippen molar-refractivity contribution in [1.29, 1.82) is 0 Å². The van der Waals surface area contributed by atoms with Crippen molar-refractivity contribution < 1.29 is 9.90 Å². The van der Waals surface area contributed by atoms with Gasteiger partial charge in [-0.15, -0.1) is 0 Å². The van der Waals surface area contributed by atoms with Gasteiger partial charge < -0.3 is 26.0 Å². The number of amides is 1. The van der Waals surface area contributed by atoms with Crippen molar-refractivity contribution in [3.05, 3.63) is 30.6 Å². The highest BCUT2D eigenvalue weighted by Gasteiger charge is 2.27. The molecule has 2 aromatic heterocycles. The Morgan fingerprint density at radius 3 is 2.83 bits per heavy atom. The van der Waals surface area contributed by atoms with Gasteiger partial charge in [0.15, 0.2) is 5.82 Å². The van der Waals surface area contributed by atoms with Crippen molar-refractivity contribution in [2.45, 2.75) is 13.0 Å². The molecule has 1 aliphatic rings. The summed E-state index contributed by atoms with van der Waals surface area (Å²) in [7, 11) is 0. The zero-order valence-corrected chi connectivity index (χ0v) is 13.3. The normalized spacial score (nSPS) is 17.6. The third-order valence-corrected chi connectivity index (χ3v) is 3.95. The smallest absolute Gasteiger partial charge is 0.407 e. The first-order valence-corrected chi connectivity index (χ1v) is 7.59. The van der Waals surface area contributed by atoms with Crippen LogP contribution < -0.4 is 16.0 Å². The first-order chi connectivity index (χ1) is 11.5. The SMILES string of the molecule is C[C@@H]1CN(C(=O)O)CCN1c1ccc(N)c(Nc2ccnnc2)n1. The van der Waals surface area contributed by atoms with E-state index in [9.17, 15) is 4.79 Å². The van der Waals surface area contributed by atoms with Gasteiger partial charge in [0.2, 0.25) is 0 Å². The number of nitrogens with one attached hydrogen (secondary N) is 1. The fourth-order valence-electron chi connectivity index (χ4n) is 2.69. The summed E-state index contributed by atoms with van der Waals surface area (Å²) < 4.78 is 0. The molecule has 1 saturated heterocycles. The maximum atomic E-state index is 11.1. The van der Waals surface area contributed by atoms with Crippen molar-refractivity contribution in [1.82, 2.24) is 20.1 Å². The minimum atomic E-state index is -0.890. The first-order valence-electron chi connectivity index (χ1n) is 7.59. The molecule has 1 fully saturated rings. The number of hydrogen-bond donors (Lipinski definition) is 3. The lowest BCUT2D eigenvalue weighted by Gasteiger charge is -2.39. The summed E-state index contributed by atoms with van der Waals surface area (Å²) in [5.74, 6) is 1.29. The number of aromatic nitrogens is 3. The number of rotatable bonds is 3. The molecule has 4 N–H and O–H groups in total. The van der Waals surface area contributed by atoms with Gasteiger partial charge >= 0.3 is 6.09 Å². The average molecular weight is 329 g/mol. The molecule has 0 radical (unpaired) electrons. The first kappa shape index (κ1) is 15.8. The summed E-state index contributed by atoms with van der Waals surface area (Å²) in [6.07, 6.45) is 2.27. The van der Waals surface area contributed by atoms with E-state index in [0.29, 0.717) is 31.1 Å². The second kappa shape index (κ2) is 6.57. The van der Waals surface area contributed by atoms with Gasteiger partial charge in [-0.2, -0.15) is 10.2 Å². The summed E-state index contributed by atoms with van der Waals surface area (Å²) in [6, 6.07) is 5.43. The highest BCUT2D eigenvalue weighted by molar-refractivity contribution is 5.71. The number of carbonyl (C=O) groups is 1. The molecule has 24 heavy (non-hydrogen) atoms. The van der Waals surface area contributed by atoms with Gasteiger partial charge in [-0.05, 0) is 25.1 Å². The summed E-state index contributed by atoms with van der Waals surface area (Å²) >= 11 is 0. The summed E-state index contributed by atoms with van der Waals surface area (Å²) in [5, 5.41) is 19.8. The molecule has 9 heteroatoms. The Labute approximate surface area is 139 Å². The zero-order chi connectivity index (χ0) is 17.1. The Bertz CT molecular complexity index is 725. The van der Waals surface area contributed by atoms with E-state index < -0.39 is 6.09 Å². The van der Waals surface area contributed by atoms with Crippen LogP contribution in [0.1, 0.15) is 6.92 Å². The van der Waals surface area contributed by atoms with E-state index in [4.69, 9.17) is 10.8 Å². The van der Waals surface area contributed by atoms with Gasteiger partial charge in [-0.25, -0.2) is 9.78 Å². The molecule has 0 aromatic carbocycles. The second-order valence-electron chi connectivity index (χ2n) is 5.63. The molecule has 1 aliphatic heterocycles. The summed E-state index contributed by atoms with van der Waals surface area (Å²) in [4.78, 5) is 19.2. The molecule has 2 aromatic rings. The third-order valence-electron chi connectivity index (χ3n) is 3.95. The number of pyridine rings is 1. The number of nitrogens with zero attached hydrogens (tertiary/aromatic N) is 5. The minimum absolute atomic E-state index is 0.0291. The van der Waals surface area contributed by atoms with E-state index in [0.717, 1.165) is 11.5 Å².